The van der Waals surface area contributed by atoms with Crippen LogP contribution in [0.15, 0.2) is 16.5 Å². The third-order valence-electron chi connectivity index (χ3n) is 2.96. The van der Waals surface area contributed by atoms with Gasteiger partial charge in [-0.1, -0.05) is 0 Å². The lowest BCUT2D eigenvalue weighted by Crippen LogP contribution is -2.33. The minimum atomic E-state index is 0.0953. The third-order valence-corrected chi connectivity index (χ3v) is 2.96. The van der Waals surface area contributed by atoms with E-state index in [2.05, 4.69) is 5.32 Å². The summed E-state index contributed by atoms with van der Waals surface area (Å²) in [6.45, 7) is 4.22. The second kappa shape index (κ2) is 5.48. The van der Waals surface area contributed by atoms with Gasteiger partial charge in [0, 0.05) is 19.7 Å². The van der Waals surface area contributed by atoms with Crippen molar-refractivity contribution in [2.24, 2.45) is 5.73 Å². The molecule has 0 aliphatic carbocycles. The summed E-state index contributed by atoms with van der Waals surface area (Å²) in [5.74, 6) is 1.84. The highest BCUT2D eigenvalue weighted by molar-refractivity contribution is 5.10. The second-order valence-corrected chi connectivity index (χ2v) is 4.28. The van der Waals surface area contributed by atoms with Gasteiger partial charge in [-0.3, -0.25) is 0 Å². The van der Waals surface area contributed by atoms with Crippen LogP contribution in [0.25, 0.3) is 0 Å². The lowest BCUT2D eigenvalue weighted by Gasteiger charge is -2.17. The smallest absolute Gasteiger partial charge is 0.122 e. The molecule has 2 heterocycles. The molecule has 1 fully saturated rings. The predicted octanol–water partition coefficient (Wildman–Crippen LogP) is 1.36. The van der Waals surface area contributed by atoms with Crippen LogP contribution in [0.4, 0.5) is 0 Å². The highest BCUT2D eigenvalue weighted by Gasteiger charge is 2.18. The van der Waals surface area contributed by atoms with E-state index in [1.54, 1.807) is 0 Å². The molecular weight excluding hydrogens is 204 g/mol. The van der Waals surface area contributed by atoms with Crippen LogP contribution in [0.2, 0.25) is 0 Å². The van der Waals surface area contributed by atoms with E-state index >= 15 is 0 Å². The molecule has 0 saturated carbocycles. The molecule has 1 aliphatic heterocycles. The molecule has 90 valence electrons. The number of ether oxygens (including phenoxy) is 1. The van der Waals surface area contributed by atoms with Crippen molar-refractivity contribution < 1.29 is 9.15 Å². The zero-order valence-corrected chi connectivity index (χ0v) is 9.74. The Labute approximate surface area is 96.1 Å². The van der Waals surface area contributed by atoms with Crippen molar-refractivity contribution in [1.29, 1.82) is 0 Å². The molecule has 4 nitrogen and oxygen atoms in total. The Morgan fingerprint density at radius 2 is 2.44 bits per heavy atom. The highest BCUT2D eigenvalue weighted by atomic mass is 16.5. The maximum atomic E-state index is 5.74. The van der Waals surface area contributed by atoms with Gasteiger partial charge in [0.1, 0.15) is 11.5 Å². The van der Waals surface area contributed by atoms with Crippen LogP contribution in [0.5, 0.6) is 0 Å². The van der Waals surface area contributed by atoms with Gasteiger partial charge < -0.3 is 20.2 Å². The second-order valence-electron chi connectivity index (χ2n) is 4.28. The van der Waals surface area contributed by atoms with E-state index < -0.39 is 0 Å². The molecule has 2 atom stereocenters. The number of hydrogen-bond acceptors (Lipinski definition) is 4. The number of nitrogens with one attached hydrogen (secondary N) is 1. The minimum absolute atomic E-state index is 0.0953. The fraction of sp³-hybridized carbons (Fsp3) is 0.667. The predicted molar refractivity (Wildman–Crippen MR) is 62.2 cm³/mol. The molecule has 4 heteroatoms. The molecule has 1 saturated heterocycles. The number of nitrogens with two attached hydrogens (primary N) is 1. The summed E-state index contributed by atoms with van der Waals surface area (Å²) in [7, 11) is 0. The van der Waals surface area contributed by atoms with Gasteiger partial charge in [-0.15, -0.1) is 0 Å². The first-order valence-electron chi connectivity index (χ1n) is 5.91. The van der Waals surface area contributed by atoms with E-state index in [9.17, 15) is 0 Å². The van der Waals surface area contributed by atoms with Gasteiger partial charge in [0.05, 0.1) is 12.1 Å². The summed E-state index contributed by atoms with van der Waals surface area (Å²) in [6, 6.07) is 4.04. The molecule has 2 rings (SSSR count). The molecular formula is C12H20N2O2. The van der Waals surface area contributed by atoms with Gasteiger partial charge in [-0.2, -0.15) is 0 Å². The highest BCUT2D eigenvalue weighted by Crippen LogP contribution is 2.17. The monoisotopic (exact) mass is 224 g/mol. The van der Waals surface area contributed by atoms with Crippen molar-refractivity contribution in [2.45, 2.75) is 31.9 Å². The standard InChI is InChI=1S/C12H20N2O2/c1-9-4-5-12(16-9)11(7-13)14-8-10-3-2-6-15-10/h4-5,10-11,14H,2-3,6-8,13H2,1H3. The first-order chi connectivity index (χ1) is 7.79. The SMILES string of the molecule is Cc1ccc(C(CN)NCC2CCCO2)o1. The van der Waals surface area contributed by atoms with Gasteiger partial charge >= 0.3 is 0 Å². The Kier molecular flexibility index (Phi) is 3.98. The number of aryl methyl sites for hydroxylation is 1. The van der Waals surface area contributed by atoms with Crippen LogP contribution in [-0.4, -0.2) is 25.8 Å². The maximum absolute atomic E-state index is 5.74. The number of furan rings is 1. The van der Waals surface area contributed by atoms with Crippen molar-refractivity contribution in [3.05, 3.63) is 23.7 Å². The fourth-order valence-corrected chi connectivity index (χ4v) is 2.02. The molecule has 0 amide bonds. The Hall–Kier alpha value is -0.840. The Balaban J connectivity index is 1.85. The van der Waals surface area contributed by atoms with Crippen LogP contribution in [0.1, 0.15) is 30.4 Å². The molecule has 0 radical (unpaired) electrons. The summed E-state index contributed by atoms with van der Waals surface area (Å²) in [4.78, 5) is 0. The Bertz CT molecular complexity index is 319. The average molecular weight is 224 g/mol. The molecule has 2 unspecified atom stereocenters. The molecule has 0 bridgehead atoms. The van der Waals surface area contributed by atoms with Crippen molar-refractivity contribution in [2.75, 3.05) is 19.7 Å². The molecule has 0 aromatic carbocycles. The van der Waals surface area contributed by atoms with E-state index in [1.807, 2.05) is 19.1 Å². The largest absolute Gasteiger partial charge is 0.465 e. The van der Waals surface area contributed by atoms with Gasteiger partial charge in [0.2, 0.25) is 0 Å². The van der Waals surface area contributed by atoms with E-state index in [-0.39, 0.29) is 6.04 Å². The number of hydrogen-bond donors (Lipinski definition) is 2. The molecule has 0 spiro atoms. The topological polar surface area (TPSA) is 60.4 Å². The average Bonchev–Trinajstić information content (AvgIpc) is 2.91. The van der Waals surface area contributed by atoms with Crippen LogP contribution in [0.3, 0.4) is 0 Å². The molecule has 16 heavy (non-hydrogen) atoms. The first-order valence-corrected chi connectivity index (χ1v) is 5.91. The quantitative estimate of drug-likeness (QED) is 0.792. The summed E-state index contributed by atoms with van der Waals surface area (Å²) < 4.78 is 11.1. The summed E-state index contributed by atoms with van der Waals surface area (Å²) >= 11 is 0. The summed E-state index contributed by atoms with van der Waals surface area (Å²) in [5, 5.41) is 3.40. The lowest BCUT2D eigenvalue weighted by molar-refractivity contribution is 0.107. The number of rotatable bonds is 5. The van der Waals surface area contributed by atoms with Crippen LogP contribution in [-0.2, 0) is 4.74 Å². The lowest BCUT2D eigenvalue weighted by atomic mass is 10.2. The van der Waals surface area contributed by atoms with E-state index in [0.29, 0.717) is 12.6 Å². The maximum Gasteiger partial charge on any atom is 0.122 e. The molecule has 1 aliphatic rings. The van der Waals surface area contributed by atoms with Gasteiger partial charge in [-0.05, 0) is 31.9 Å². The fourth-order valence-electron chi connectivity index (χ4n) is 2.02. The van der Waals surface area contributed by atoms with Gasteiger partial charge in [0.15, 0.2) is 0 Å². The third kappa shape index (κ3) is 2.84. The van der Waals surface area contributed by atoms with Crippen molar-refractivity contribution in [3.8, 4) is 0 Å². The van der Waals surface area contributed by atoms with E-state index in [4.69, 9.17) is 14.9 Å². The summed E-state index contributed by atoms with van der Waals surface area (Å²) in [5.41, 5.74) is 5.74. The van der Waals surface area contributed by atoms with Gasteiger partial charge in [-0.25, -0.2) is 0 Å². The Morgan fingerprint density at radius 1 is 1.56 bits per heavy atom. The van der Waals surface area contributed by atoms with Crippen LogP contribution < -0.4 is 11.1 Å². The molecule has 1 aromatic heterocycles. The zero-order valence-electron chi connectivity index (χ0n) is 9.74. The van der Waals surface area contributed by atoms with Crippen molar-refractivity contribution in [1.82, 2.24) is 5.32 Å². The molecule has 1 aromatic rings. The van der Waals surface area contributed by atoms with Crippen LogP contribution in [0, 0.1) is 6.92 Å². The normalized spacial score (nSPS) is 22.5. The van der Waals surface area contributed by atoms with E-state index in [1.165, 1.54) is 6.42 Å². The zero-order chi connectivity index (χ0) is 11.4. The summed E-state index contributed by atoms with van der Waals surface area (Å²) in [6.07, 6.45) is 2.64. The van der Waals surface area contributed by atoms with E-state index in [0.717, 1.165) is 31.1 Å². The van der Waals surface area contributed by atoms with Crippen LogP contribution >= 0.6 is 0 Å². The first kappa shape index (κ1) is 11.6. The van der Waals surface area contributed by atoms with Crippen molar-refractivity contribution >= 4 is 0 Å². The van der Waals surface area contributed by atoms with Gasteiger partial charge in [0.25, 0.3) is 0 Å². The van der Waals surface area contributed by atoms with Crippen molar-refractivity contribution in [3.63, 3.8) is 0 Å². The Morgan fingerprint density at radius 3 is 3.00 bits per heavy atom. The molecule has 3 N–H and O–H groups in total. The minimum Gasteiger partial charge on any atom is -0.465 e.